The predicted octanol–water partition coefficient (Wildman–Crippen LogP) is 0.816. The fraction of sp³-hybridized carbons (Fsp3) is 0.900. The van der Waals surface area contributed by atoms with Crippen LogP contribution >= 0.6 is 0 Å². The Hall–Kier alpha value is -0.570. The average Bonchev–Trinajstić information content (AvgIpc) is 2.72. The lowest BCUT2D eigenvalue weighted by molar-refractivity contribution is -0.119. The largest absolute Gasteiger partial charge is 0.391 e. The van der Waals surface area contributed by atoms with E-state index in [0.29, 0.717) is 12.3 Å². The van der Waals surface area contributed by atoms with Crippen LogP contribution in [0, 0.1) is 5.92 Å². The fourth-order valence-corrected chi connectivity index (χ4v) is 2.52. The van der Waals surface area contributed by atoms with E-state index in [2.05, 4.69) is 5.32 Å². The minimum absolute atomic E-state index is 0.0376. The van der Waals surface area contributed by atoms with Crippen LogP contribution in [0.5, 0.6) is 0 Å². The van der Waals surface area contributed by atoms with Crippen molar-refractivity contribution in [1.29, 1.82) is 0 Å². The van der Waals surface area contributed by atoms with Crippen LogP contribution in [0.4, 0.5) is 0 Å². The van der Waals surface area contributed by atoms with E-state index < -0.39 is 0 Å². The SMILES string of the molecule is O=C1CCC(C(O)C2CCCC2)N1. The third kappa shape index (κ3) is 1.85. The van der Waals surface area contributed by atoms with Gasteiger partial charge in [-0.2, -0.15) is 0 Å². The molecule has 0 aromatic heterocycles. The molecule has 1 heterocycles. The fourth-order valence-electron chi connectivity index (χ4n) is 2.52. The number of aliphatic hydroxyl groups is 1. The van der Waals surface area contributed by atoms with Crippen molar-refractivity contribution in [2.75, 3.05) is 0 Å². The number of hydrogen-bond donors (Lipinski definition) is 2. The Morgan fingerprint density at radius 1 is 1.31 bits per heavy atom. The van der Waals surface area contributed by atoms with Gasteiger partial charge in [0.15, 0.2) is 0 Å². The van der Waals surface area contributed by atoms with Gasteiger partial charge in [-0.25, -0.2) is 0 Å². The van der Waals surface area contributed by atoms with E-state index in [0.717, 1.165) is 19.3 Å². The zero-order valence-electron chi connectivity index (χ0n) is 7.83. The summed E-state index contributed by atoms with van der Waals surface area (Å²) < 4.78 is 0. The molecule has 2 aliphatic rings. The van der Waals surface area contributed by atoms with Crippen LogP contribution in [0.15, 0.2) is 0 Å². The molecule has 1 aliphatic heterocycles. The van der Waals surface area contributed by atoms with Gasteiger partial charge in [0.25, 0.3) is 0 Å². The lowest BCUT2D eigenvalue weighted by atomic mass is 9.94. The first-order valence-corrected chi connectivity index (χ1v) is 5.25. The minimum atomic E-state index is -0.297. The van der Waals surface area contributed by atoms with Gasteiger partial charge in [-0.05, 0) is 25.2 Å². The summed E-state index contributed by atoms with van der Waals surface area (Å²) in [5.74, 6) is 0.533. The van der Waals surface area contributed by atoms with Gasteiger partial charge < -0.3 is 10.4 Å². The molecule has 0 aromatic rings. The van der Waals surface area contributed by atoms with E-state index in [1.807, 2.05) is 0 Å². The maximum absolute atomic E-state index is 11.0. The van der Waals surface area contributed by atoms with Gasteiger partial charge in [0.2, 0.25) is 5.91 Å². The second-order valence-electron chi connectivity index (χ2n) is 4.25. The zero-order valence-corrected chi connectivity index (χ0v) is 7.83. The first-order chi connectivity index (χ1) is 6.27. The number of amides is 1. The molecule has 3 heteroatoms. The molecule has 0 spiro atoms. The monoisotopic (exact) mass is 183 g/mol. The van der Waals surface area contributed by atoms with Crippen LogP contribution in [0.1, 0.15) is 38.5 Å². The van der Waals surface area contributed by atoms with Gasteiger partial charge in [-0.1, -0.05) is 12.8 Å². The number of aliphatic hydroxyl groups excluding tert-OH is 1. The maximum atomic E-state index is 11.0. The Labute approximate surface area is 78.5 Å². The smallest absolute Gasteiger partial charge is 0.220 e. The molecule has 1 amide bonds. The second kappa shape index (κ2) is 3.66. The molecule has 3 nitrogen and oxygen atoms in total. The Balaban J connectivity index is 1.88. The summed E-state index contributed by atoms with van der Waals surface area (Å²) in [4.78, 5) is 11.0. The summed E-state index contributed by atoms with van der Waals surface area (Å²) in [7, 11) is 0. The summed E-state index contributed by atoms with van der Waals surface area (Å²) in [5, 5.41) is 12.8. The highest BCUT2D eigenvalue weighted by Crippen LogP contribution is 2.30. The number of hydrogen-bond acceptors (Lipinski definition) is 2. The Morgan fingerprint density at radius 3 is 2.54 bits per heavy atom. The molecule has 0 aromatic carbocycles. The zero-order chi connectivity index (χ0) is 9.26. The molecule has 13 heavy (non-hydrogen) atoms. The quantitative estimate of drug-likeness (QED) is 0.665. The minimum Gasteiger partial charge on any atom is -0.391 e. The highest BCUT2D eigenvalue weighted by atomic mass is 16.3. The number of rotatable bonds is 2. The number of nitrogens with one attached hydrogen (secondary N) is 1. The maximum Gasteiger partial charge on any atom is 0.220 e. The van der Waals surface area contributed by atoms with Crippen LogP contribution in [0.3, 0.4) is 0 Å². The second-order valence-corrected chi connectivity index (χ2v) is 4.25. The van der Waals surface area contributed by atoms with E-state index in [9.17, 15) is 9.90 Å². The van der Waals surface area contributed by atoms with Crippen LogP contribution in [-0.4, -0.2) is 23.2 Å². The van der Waals surface area contributed by atoms with Gasteiger partial charge in [-0.3, -0.25) is 4.79 Å². The molecular weight excluding hydrogens is 166 g/mol. The Kier molecular flexibility index (Phi) is 2.54. The molecule has 2 unspecified atom stereocenters. The standard InChI is InChI=1S/C10H17NO2/c12-9-6-5-8(11-9)10(13)7-3-1-2-4-7/h7-8,10,13H,1-6H2,(H,11,12). The summed E-state index contributed by atoms with van der Waals surface area (Å²) in [5.41, 5.74) is 0. The van der Waals surface area contributed by atoms with E-state index in [-0.39, 0.29) is 18.1 Å². The molecule has 74 valence electrons. The van der Waals surface area contributed by atoms with E-state index >= 15 is 0 Å². The first-order valence-electron chi connectivity index (χ1n) is 5.25. The molecule has 1 aliphatic carbocycles. The van der Waals surface area contributed by atoms with Gasteiger partial charge in [-0.15, -0.1) is 0 Å². The van der Waals surface area contributed by atoms with Gasteiger partial charge in [0.05, 0.1) is 12.1 Å². The van der Waals surface area contributed by atoms with Crippen molar-refractivity contribution in [2.45, 2.75) is 50.7 Å². The van der Waals surface area contributed by atoms with Gasteiger partial charge >= 0.3 is 0 Å². The molecule has 2 rings (SSSR count). The van der Waals surface area contributed by atoms with Crippen molar-refractivity contribution in [3.63, 3.8) is 0 Å². The highest BCUT2D eigenvalue weighted by Gasteiger charge is 2.33. The van der Waals surface area contributed by atoms with Crippen molar-refractivity contribution in [3.8, 4) is 0 Å². The molecule has 1 saturated heterocycles. The molecule has 2 atom stereocenters. The summed E-state index contributed by atoms with van der Waals surface area (Å²) in [6.45, 7) is 0. The van der Waals surface area contributed by atoms with Gasteiger partial charge in [0, 0.05) is 6.42 Å². The molecular formula is C10H17NO2. The first kappa shape index (κ1) is 9.00. The number of carbonyl (C=O) groups excluding carboxylic acids is 1. The highest BCUT2D eigenvalue weighted by molar-refractivity contribution is 5.78. The lowest BCUT2D eigenvalue weighted by Crippen LogP contribution is -2.40. The third-order valence-electron chi connectivity index (χ3n) is 3.32. The Morgan fingerprint density at radius 2 is 2.00 bits per heavy atom. The third-order valence-corrected chi connectivity index (χ3v) is 3.32. The molecule has 0 radical (unpaired) electrons. The van der Waals surface area contributed by atoms with Crippen molar-refractivity contribution in [1.82, 2.24) is 5.32 Å². The molecule has 0 bridgehead atoms. The molecule has 2 N–H and O–H groups in total. The van der Waals surface area contributed by atoms with Crippen LogP contribution in [0.2, 0.25) is 0 Å². The summed E-state index contributed by atoms with van der Waals surface area (Å²) >= 11 is 0. The van der Waals surface area contributed by atoms with E-state index in [4.69, 9.17) is 0 Å². The van der Waals surface area contributed by atoms with E-state index in [1.165, 1.54) is 12.8 Å². The van der Waals surface area contributed by atoms with Crippen molar-refractivity contribution in [2.24, 2.45) is 5.92 Å². The van der Waals surface area contributed by atoms with Crippen molar-refractivity contribution < 1.29 is 9.90 Å². The number of carbonyl (C=O) groups is 1. The van der Waals surface area contributed by atoms with Crippen LogP contribution in [-0.2, 0) is 4.79 Å². The molecule has 1 saturated carbocycles. The lowest BCUT2D eigenvalue weighted by Gasteiger charge is -2.23. The predicted molar refractivity (Wildman–Crippen MR) is 49.1 cm³/mol. The molecule has 2 fully saturated rings. The van der Waals surface area contributed by atoms with Crippen LogP contribution < -0.4 is 5.32 Å². The van der Waals surface area contributed by atoms with Crippen LogP contribution in [0.25, 0.3) is 0 Å². The van der Waals surface area contributed by atoms with Gasteiger partial charge in [0.1, 0.15) is 0 Å². The topological polar surface area (TPSA) is 49.3 Å². The average molecular weight is 183 g/mol. The Bertz CT molecular complexity index is 199. The summed E-state index contributed by atoms with van der Waals surface area (Å²) in [6.07, 6.45) is 5.85. The van der Waals surface area contributed by atoms with E-state index in [1.54, 1.807) is 0 Å². The van der Waals surface area contributed by atoms with Crippen molar-refractivity contribution in [3.05, 3.63) is 0 Å². The normalized spacial score (nSPS) is 32.1. The van der Waals surface area contributed by atoms with Crippen molar-refractivity contribution >= 4 is 5.91 Å². The summed E-state index contributed by atoms with van der Waals surface area (Å²) in [6, 6.07) is 0.0376.